The van der Waals surface area contributed by atoms with Gasteiger partial charge in [0, 0.05) is 24.0 Å². The molecule has 0 aromatic heterocycles. The summed E-state index contributed by atoms with van der Waals surface area (Å²) < 4.78 is 6.69. The molecule has 1 aromatic carbocycles. The van der Waals surface area contributed by atoms with E-state index in [1.807, 2.05) is 0 Å². The van der Waals surface area contributed by atoms with Crippen LogP contribution in [0.5, 0.6) is 5.75 Å². The minimum absolute atomic E-state index is 0.0539. The van der Waals surface area contributed by atoms with Gasteiger partial charge in [-0.15, -0.1) is 0 Å². The summed E-state index contributed by atoms with van der Waals surface area (Å²) >= 11 is 6.71. The quantitative estimate of drug-likeness (QED) is 0.670. The first-order chi connectivity index (χ1) is 9.35. The molecule has 0 aliphatic carbocycles. The minimum Gasteiger partial charge on any atom is -0.495 e. The number of hydrogen-bond donors (Lipinski definition) is 3. The van der Waals surface area contributed by atoms with Crippen LogP contribution in [0.2, 0.25) is 0 Å². The van der Waals surface area contributed by atoms with Crippen LogP contribution in [0.3, 0.4) is 0 Å². The van der Waals surface area contributed by atoms with Crippen molar-refractivity contribution in [1.82, 2.24) is 5.32 Å². The molecule has 110 valence electrons. The molecule has 1 rings (SSSR count). The average molecular weight is 410 g/mol. The Bertz CT molecular complexity index is 522. The van der Waals surface area contributed by atoms with E-state index in [0.717, 1.165) is 8.95 Å². The second-order valence-electron chi connectivity index (χ2n) is 3.94. The molecule has 0 fully saturated rings. The summed E-state index contributed by atoms with van der Waals surface area (Å²) in [6.07, 6.45) is 0. The molecule has 0 saturated heterocycles. The van der Waals surface area contributed by atoms with Gasteiger partial charge in [0.25, 0.3) is 0 Å². The van der Waals surface area contributed by atoms with E-state index in [1.165, 1.54) is 14.0 Å². The highest BCUT2D eigenvalue weighted by Gasteiger charge is 2.18. The van der Waals surface area contributed by atoms with Gasteiger partial charge in [0.1, 0.15) is 11.8 Å². The van der Waals surface area contributed by atoms with E-state index in [-0.39, 0.29) is 6.54 Å². The maximum Gasteiger partial charge on any atom is 0.328 e. The van der Waals surface area contributed by atoms with Gasteiger partial charge in [0.15, 0.2) is 0 Å². The maximum absolute atomic E-state index is 11.0. The first kappa shape index (κ1) is 16.8. The van der Waals surface area contributed by atoms with E-state index in [1.54, 1.807) is 12.1 Å². The molecule has 1 unspecified atom stereocenters. The molecule has 0 spiro atoms. The monoisotopic (exact) mass is 408 g/mol. The van der Waals surface area contributed by atoms with E-state index in [9.17, 15) is 9.59 Å². The van der Waals surface area contributed by atoms with Crippen LogP contribution in [0.25, 0.3) is 0 Å². The number of benzene rings is 1. The SMILES string of the molecule is COc1cc(NCC(NC(C)=O)C(=O)O)c(Br)cc1Br. The second kappa shape index (κ2) is 7.49. The van der Waals surface area contributed by atoms with Crippen LogP contribution >= 0.6 is 31.9 Å². The first-order valence-electron chi connectivity index (χ1n) is 5.62. The van der Waals surface area contributed by atoms with E-state index in [2.05, 4.69) is 42.5 Å². The molecule has 0 aliphatic rings. The van der Waals surface area contributed by atoms with Gasteiger partial charge in [0.05, 0.1) is 17.3 Å². The molecular formula is C12H14Br2N2O4. The number of carboxylic acid groups (broad SMARTS) is 1. The van der Waals surface area contributed by atoms with Crippen molar-refractivity contribution in [2.75, 3.05) is 19.0 Å². The lowest BCUT2D eigenvalue weighted by Crippen LogP contribution is -2.44. The molecule has 6 nitrogen and oxygen atoms in total. The van der Waals surface area contributed by atoms with Gasteiger partial charge < -0.3 is 20.5 Å². The zero-order valence-electron chi connectivity index (χ0n) is 10.9. The van der Waals surface area contributed by atoms with Crippen LogP contribution in [-0.2, 0) is 9.59 Å². The summed E-state index contributed by atoms with van der Waals surface area (Å²) in [5, 5.41) is 14.3. The van der Waals surface area contributed by atoms with Gasteiger partial charge in [-0.3, -0.25) is 4.79 Å². The predicted octanol–water partition coefficient (Wildman–Crippen LogP) is 2.22. The smallest absolute Gasteiger partial charge is 0.328 e. The number of ether oxygens (including phenoxy) is 1. The van der Waals surface area contributed by atoms with Crippen molar-refractivity contribution in [3.05, 3.63) is 21.1 Å². The standard InChI is InChI=1S/C12H14Br2N2O4/c1-6(17)16-10(12(18)19)5-15-9-4-11(20-2)8(14)3-7(9)13/h3-4,10,15H,5H2,1-2H3,(H,16,17)(H,18,19). The lowest BCUT2D eigenvalue weighted by atomic mass is 10.2. The number of amides is 1. The van der Waals surface area contributed by atoms with Crippen molar-refractivity contribution in [2.45, 2.75) is 13.0 Å². The maximum atomic E-state index is 11.0. The Morgan fingerprint density at radius 3 is 2.50 bits per heavy atom. The van der Waals surface area contributed by atoms with Crippen molar-refractivity contribution in [3.8, 4) is 5.75 Å². The Balaban J connectivity index is 2.82. The largest absolute Gasteiger partial charge is 0.495 e. The van der Waals surface area contributed by atoms with Crippen molar-refractivity contribution in [2.24, 2.45) is 0 Å². The summed E-state index contributed by atoms with van der Waals surface area (Å²) in [6, 6.07) is 2.50. The molecule has 0 radical (unpaired) electrons. The van der Waals surface area contributed by atoms with E-state index in [4.69, 9.17) is 9.84 Å². The van der Waals surface area contributed by atoms with Crippen LogP contribution in [0.4, 0.5) is 5.69 Å². The normalized spacial score (nSPS) is 11.6. The Morgan fingerprint density at radius 2 is 2.00 bits per heavy atom. The molecule has 1 atom stereocenters. The highest BCUT2D eigenvalue weighted by atomic mass is 79.9. The van der Waals surface area contributed by atoms with Crippen molar-refractivity contribution < 1.29 is 19.4 Å². The number of methoxy groups -OCH3 is 1. The van der Waals surface area contributed by atoms with E-state index >= 15 is 0 Å². The van der Waals surface area contributed by atoms with Gasteiger partial charge in [-0.25, -0.2) is 4.79 Å². The molecule has 0 aliphatic heterocycles. The van der Waals surface area contributed by atoms with E-state index < -0.39 is 17.9 Å². The fourth-order valence-corrected chi connectivity index (χ4v) is 2.77. The summed E-state index contributed by atoms with van der Waals surface area (Å²) in [5.74, 6) is -0.887. The Kier molecular flexibility index (Phi) is 6.28. The lowest BCUT2D eigenvalue weighted by Gasteiger charge is -2.16. The molecule has 20 heavy (non-hydrogen) atoms. The summed E-state index contributed by atoms with van der Waals surface area (Å²) in [6.45, 7) is 1.33. The number of rotatable bonds is 6. The van der Waals surface area contributed by atoms with Crippen LogP contribution in [0.15, 0.2) is 21.1 Å². The highest BCUT2D eigenvalue weighted by Crippen LogP contribution is 2.34. The predicted molar refractivity (Wildman–Crippen MR) is 82.1 cm³/mol. The molecule has 1 amide bonds. The Hall–Kier alpha value is -1.28. The fourth-order valence-electron chi connectivity index (χ4n) is 1.48. The number of halogens is 2. The third kappa shape index (κ3) is 4.68. The average Bonchev–Trinajstić information content (AvgIpc) is 2.35. The fraction of sp³-hybridized carbons (Fsp3) is 0.333. The molecule has 3 N–H and O–H groups in total. The number of nitrogens with one attached hydrogen (secondary N) is 2. The highest BCUT2D eigenvalue weighted by molar-refractivity contribution is 9.11. The summed E-state index contributed by atoms with van der Waals surface area (Å²) in [7, 11) is 1.54. The van der Waals surface area contributed by atoms with Crippen molar-refractivity contribution in [3.63, 3.8) is 0 Å². The molecule has 8 heteroatoms. The summed E-state index contributed by atoms with van der Waals surface area (Å²) in [4.78, 5) is 22.0. The third-order valence-corrected chi connectivity index (χ3v) is 3.69. The lowest BCUT2D eigenvalue weighted by molar-refractivity contribution is -0.141. The summed E-state index contributed by atoms with van der Waals surface area (Å²) in [5.41, 5.74) is 0.668. The zero-order chi connectivity index (χ0) is 15.3. The number of aliphatic carboxylic acids is 1. The number of anilines is 1. The molecule has 0 heterocycles. The van der Waals surface area contributed by atoms with Gasteiger partial charge in [-0.05, 0) is 37.9 Å². The van der Waals surface area contributed by atoms with Crippen LogP contribution in [0.1, 0.15) is 6.92 Å². The van der Waals surface area contributed by atoms with E-state index in [0.29, 0.717) is 11.4 Å². The van der Waals surface area contributed by atoms with Crippen LogP contribution in [0, 0.1) is 0 Å². The molecule has 0 saturated carbocycles. The van der Waals surface area contributed by atoms with Gasteiger partial charge in [-0.1, -0.05) is 0 Å². The molecule has 1 aromatic rings. The van der Waals surface area contributed by atoms with Gasteiger partial charge >= 0.3 is 5.97 Å². The topological polar surface area (TPSA) is 87.7 Å². The minimum atomic E-state index is -1.10. The Labute approximate surface area is 133 Å². The van der Waals surface area contributed by atoms with Crippen LogP contribution < -0.4 is 15.4 Å². The number of hydrogen-bond acceptors (Lipinski definition) is 4. The first-order valence-corrected chi connectivity index (χ1v) is 7.20. The number of carboxylic acids is 1. The van der Waals surface area contributed by atoms with Gasteiger partial charge in [-0.2, -0.15) is 0 Å². The zero-order valence-corrected chi connectivity index (χ0v) is 14.0. The van der Waals surface area contributed by atoms with Gasteiger partial charge in [0.2, 0.25) is 5.91 Å². The molecular weight excluding hydrogens is 396 g/mol. The number of carbonyl (C=O) groups excluding carboxylic acids is 1. The third-order valence-electron chi connectivity index (χ3n) is 2.41. The van der Waals surface area contributed by atoms with Crippen molar-refractivity contribution in [1.29, 1.82) is 0 Å². The molecule has 0 bridgehead atoms. The van der Waals surface area contributed by atoms with Crippen molar-refractivity contribution >= 4 is 49.4 Å². The Morgan fingerprint density at radius 1 is 1.35 bits per heavy atom. The second-order valence-corrected chi connectivity index (χ2v) is 5.65. The number of carbonyl (C=O) groups is 2. The van der Waals surface area contributed by atoms with Crippen LogP contribution in [-0.4, -0.2) is 36.7 Å².